The number of hydrogen-bond donors (Lipinski definition) is 1. The van der Waals surface area contributed by atoms with E-state index in [0.29, 0.717) is 0 Å². The van der Waals surface area contributed by atoms with Crippen molar-refractivity contribution in [1.82, 2.24) is 5.32 Å². The Bertz CT molecular complexity index is 216. The molecule has 12 heavy (non-hydrogen) atoms. The Morgan fingerprint density at radius 3 is 3.08 bits per heavy atom. The van der Waals surface area contributed by atoms with Gasteiger partial charge in [-0.2, -0.15) is 0 Å². The van der Waals surface area contributed by atoms with Gasteiger partial charge in [-0.3, -0.25) is 0 Å². The first-order valence-electron chi connectivity index (χ1n) is 4.20. The van der Waals surface area contributed by atoms with Crippen LogP contribution < -0.4 is 5.32 Å². The first-order valence-corrected chi connectivity index (χ1v) is 4.20. The number of rotatable bonds is 2. The third-order valence-corrected chi connectivity index (χ3v) is 1.73. The van der Waals surface area contributed by atoms with E-state index in [-0.39, 0.29) is 0 Å². The number of ether oxygens (including phenoxy) is 1. The molecule has 2 heteroatoms. The lowest BCUT2D eigenvalue weighted by Crippen LogP contribution is -2.17. The largest absolute Gasteiger partial charge is 0.492 e. The second-order valence-corrected chi connectivity index (χ2v) is 2.62. The van der Waals surface area contributed by atoms with Gasteiger partial charge in [0.2, 0.25) is 0 Å². The Kier molecular flexibility index (Phi) is 3.61. The van der Waals surface area contributed by atoms with Gasteiger partial charge in [-0.25, -0.2) is 0 Å². The second-order valence-electron chi connectivity index (χ2n) is 2.62. The van der Waals surface area contributed by atoms with E-state index < -0.39 is 0 Å². The summed E-state index contributed by atoms with van der Waals surface area (Å²) in [5, 5.41) is 3.25. The molecule has 0 radical (unpaired) electrons. The molecule has 0 bridgehead atoms. The second kappa shape index (κ2) is 4.78. The van der Waals surface area contributed by atoms with Gasteiger partial charge in [-0.1, -0.05) is 18.7 Å². The van der Waals surface area contributed by atoms with Crippen molar-refractivity contribution in [3.05, 3.63) is 36.1 Å². The molecule has 0 aromatic rings. The minimum absolute atomic E-state index is 0.733. The summed E-state index contributed by atoms with van der Waals surface area (Å²) in [5.41, 5.74) is 1.13. The lowest BCUT2D eigenvalue weighted by atomic mass is 10.2. The molecule has 0 spiro atoms. The van der Waals surface area contributed by atoms with Gasteiger partial charge in [0.1, 0.15) is 12.4 Å². The molecule has 0 aliphatic carbocycles. The van der Waals surface area contributed by atoms with Crippen LogP contribution in [0.3, 0.4) is 0 Å². The summed E-state index contributed by atoms with van der Waals surface area (Å²) >= 11 is 0. The SMILES string of the molecule is C=CC1=C(/C=C\C)OCCNC1. The van der Waals surface area contributed by atoms with Crippen LogP contribution in [0.15, 0.2) is 36.1 Å². The smallest absolute Gasteiger partial charge is 0.123 e. The third kappa shape index (κ3) is 2.24. The molecule has 2 nitrogen and oxygen atoms in total. The number of allylic oxidation sites excluding steroid dienone is 2. The first-order chi connectivity index (χ1) is 5.88. The molecular weight excluding hydrogens is 150 g/mol. The maximum atomic E-state index is 5.51. The third-order valence-electron chi connectivity index (χ3n) is 1.73. The van der Waals surface area contributed by atoms with Crippen molar-refractivity contribution in [2.75, 3.05) is 19.7 Å². The van der Waals surface area contributed by atoms with Crippen LogP contribution in [0.25, 0.3) is 0 Å². The zero-order valence-electron chi connectivity index (χ0n) is 7.47. The summed E-state index contributed by atoms with van der Waals surface area (Å²) in [6.07, 6.45) is 5.79. The lowest BCUT2D eigenvalue weighted by molar-refractivity contribution is 0.232. The monoisotopic (exact) mass is 165 g/mol. The summed E-state index contributed by atoms with van der Waals surface area (Å²) in [6, 6.07) is 0. The van der Waals surface area contributed by atoms with E-state index in [1.165, 1.54) is 0 Å². The fourth-order valence-electron chi connectivity index (χ4n) is 1.12. The Balaban J connectivity index is 2.81. The maximum absolute atomic E-state index is 5.51. The summed E-state index contributed by atoms with van der Waals surface area (Å²) in [6.45, 7) is 8.21. The Morgan fingerprint density at radius 1 is 1.58 bits per heavy atom. The summed E-state index contributed by atoms with van der Waals surface area (Å²) < 4.78 is 5.51. The van der Waals surface area contributed by atoms with Gasteiger partial charge < -0.3 is 10.1 Å². The summed E-state index contributed by atoms with van der Waals surface area (Å²) in [7, 11) is 0. The van der Waals surface area contributed by atoms with Crippen LogP contribution in [0.5, 0.6) is 0 Å². The summed E-state index contributed by atoms with van der Waals surface area (Å²) in [5.74, 6) is 0.942. The topological polar surface area (TPSA) is 21.3 Å². The molecule has 0 atom stereocenters. The molecule has 1 aliphatic heterocycles. The zero-order chi connectivity index (χ0) is 8.81. The molecule has 0 aromatic carbocycles. The average molecular weight is 165 g/mol. The zero-order valence-corrected chi connectivity index (χ0v) is 7.47. The van der Waals surface area contributed by atoms with E-state index in [2.05, 4.69) is 11.9 Å². The van der Waals surface area contributed by atoms with E-state index in [1.54, 1.807) is 0 Å². The minimum atomic E-state index is 0.733. The molecular formula is C10H15NO. The van der Waals surface area contributed by atoms with Gasteiger partial charge in [0.15, 0.2) is 0 Å². The molecule has 66 valence electrons. The molecule has 1 heterocycles. The molecule has 1 rings (SSSR count). The van der Waals surface area contributed by atoms with E-state index >= 15 is 0 Å². The Labute approximate surface area is 73.6 Å². The molecule has 0 saturated carbocycles. The van der Waals surface area contributed by atoms with Gasteiger partial charge in [0, 0.05) is 18.7 Å². The Morgan fingerprint density at radius 2 is 2.42 bits per heavy atom. The molecule has 1 N–H and O–H groups in total. The van der Waals surface area contributed by atoms with Crippen molar-refractivity contribution in [3.8, 4) is 0 Å². The van der Waals surface area contributed by atoms with Crippen LogP contribution in [0.1, 0.15) is 6.92 Å². The van der Waals surface area contributed by atoms with Crippen molar-refractivity contribution < 1.29 is 4.74 Å². The van der Waals surface area contributed by atoms with Gasteiger partial charge in [0.05, 0.1) is 0 Å². The highest BCUT2D eigenvalue weighted by atomic mass is 16.5. The van der Waals surface area contributed by atoms with Crippen LogP contribution in [0.4, 0.5) is 0 Å². The maximum Gasteiger partial charge on any atom is 0.123 e. The molecule has 0 saturated heterocycles. The van der Waals surface area contributed by atoms with Gasteiger partial charge in [0.25, 0.3) is 0 Å². The molecule has 0 fully saturated rings. The standard InChI is InChI=1S/C10H15NO/c1-3-5-10-9(4-2)8-11-6-7-12-10/h3-5,11H,2,6-8H2,1H3/b5-3-. The highest BCUT2D eigenvalue weighted by Crippen LogP contribution is 2.10. The highest BCUT2D eigenvalue weighted by molar-refractivity contribution is 5.29. The van der Waals surface area contributed by atoms with Gasteiger partial charge in [-0.15, -0.1) is 0 Å². The van der Waals surface area contributed by atoms with Gasteiger partial charge in [-0.05, 0) is 13.0 Å². The number of nitrogens with one attached hydrogen (secondary N) is 1. The summed E-state index contributed by atoms with van der Waals surface area (Å²) in [4.78, 5) is 0. The molecule has 0 aromatic heterocycles. The predicted octanol–water partition coefficient (Wildman–Crippen LogP) is 1.62. The molecule has 0 amide bonds. The minimum Gasteiger partial charge on any atom is -0.492 e. The predicted molar refractivity (Wildman–Crippen MR) is 50.9 cm³/mol. The van der Waals surface area contributed by atoms with Crippen molar-refractivity contribution in [2.24, 2.45) is 0 Å². The fraction of sp³-hybridized carbons (Fsp3) is 0.400. The first kappa shape index (κ1) is 9.07. The van der Waals surface area contributed by atoms with Crippen molar-refractivity contribution in [1.29, 1.82) is 0 Å². The molecule has 0 unspecified atom stereocenters. The van der Waals surface area contributed by atoms with Crippen LogP contribution in [-0.2, 0) is 4.74 Å². The van der Waals surface area contributed by atoms with Crippen molar-refractivity contribution in [2.45, 2.75) is 6.92 Å². The highest BCUT2D eigenvalue weighted by Gasteiger charge is 2.05. The average Bonchev–Trinajstić information content (AvgIpc) is 2.30. The van der Waals surface area contributed by atoms with Crippen molar-refractivity contribution >= 4 is 0 Å². The van der Waals surface area contributed by atoms with Crippen molar-refractivity contribution in [3.63, 3.8) is 0 Å². The van der Waals surface area contributed by atoms with Crippen LogP contribution in [-0.4, -0.2) is 19.7 Å². The molecule has 1 aliphatic rings. The van der Waals surface area contributed by atoms with E-state index in [4.69, 9.17) is 4.74 Å². The Hall–Kier alpha value is -1.02. The fourth-order valence-corrected chi connectivity index (χ4v) is 1.12. The van der Waals surface area contributed by atoms with Crippen LogP contribution in [0.2, 0.25) is 0 Å². The van der Waals surface area contributed by atoms with E-state index in [1.807, 2.05) is 25.2 Å². The lowest BCUT2D eigenvalue weighted by Gasteiger charge is -2.04. The quantitative estimate of drug-likeness (QED) is 0.671. The van der Waals surface area contributed by atoms with Gasteiger partial charge >= 0.3 is 0 Å². The van der Waals surface area contributed by atoms with Crippen LogP contribution >= 0.6 is 0 Å². The van der Waals surface area contributed by atoms with E-state index in [0.717, 1.165) is 31.0 Å². The number of hydrogen-bond acceptors (Lipinski definition) is 2. The normalized spacial score (nSPS) is 19.1. The van der Waals surface area contributed by atoms with E-state index in [9.17, 15) is 0 Å². The van der Waals surface area contributed by atoms with Crippen LogP contribution in [0, 0.1) is 0 Å².